The molecule has 0 aliphatic heterocycles. The monoisotopic (exact) mass is 288 g/mol. The lowest BCUT2D eigenvalue weighted by atomic mass is 10.1. The minimum Gasteiger partial charge on any atom is -0.417 e. The van der Waals surface area contributed by atoms with Crippen molar-refractivity contribution >= 4 is 17.8 Å². The Labute approximate surface area is 119 Å². The standard InChI is InChI=1S/C15H36OSi2/c1-9-13-15(12-4,17(6)7)16-18(8)14(5,10-2)11-3/h17-18H,9-13H2,1-8H3. The summed E-state index contributed by atoms with van der Waals surface area (Å²) in [7, 11) is -1.90. The molecule has 0 aromatic heterocycles. The zero-order valence-electron chi connectivity index (χ0n) is 14.1. The van der Waals surface area contributed by atoms with Gasteiger partial charge in [-0.2, -0.15) is 0 Å². The Kier molecular flexibility index (Phi) is 8.03. The van der Waals surface area contributed by atoms with Crippen molar-refractivity contribution in [1.82, 2.24) is 0 Å². The Balaban J connectivity index is 4.98. The molecule has 2 unspecified atom stereocenters. The molecule has 0 saturated heterocycles. The van der Waals surface area contributed by atoms with Crippen molar-refractivity contribution in [3.63, 3.8) is 0 Å². The van der Waals surface area contributed by atoms with Gasteiger partial charge in [0.25, 0.3) is 0 Å². The molecule has 2 atom stereocenters. The first-order chi connectivity index (χ1) is 8.31. The molecule has 0 aromatic carbocycles. The molecule has 0 aromatic rings. The highest BCUT2D eigenvalue weighted by Gasteiger charge is 2.39. The lowest BCUT2D eigenvalue weighted by molar-refractivity contribution is 0.122. The highest BCUT2D eigenvalue weighted by Crippen LogP contribution is 2.40. The van der Waals surface area contributed by atoms with Crippen LogP contribution in [0.2, 0.25) is 24.7 Å². The molecule has 0 rings (SSSR count). The molecule has 18 heavy (non-hydrogen) atoms. The summed E-state index contributed by atoms with van der Waals surface area (Å²) >= 11 is 0. The lowest BCUT2D eigenvalue weighted by Gasteiger charge is -2.44. The highest BCUT2D eigenvalue weighted by atomic mass is 28.3. The summed E-state index contributed by atoms with van der Waals surface area (Å²) in [5.41, 5.74) is 0. The van der Waals surface area contributed by atoms with Crippen LogP contribution in [-0.4, -0.2) is 23.1 Å². The van der Waals surface area contributed by atoms with E-state index in [1.165, 1.54) is 32.1 Å². The Morgan fingerprint density at radius 3 is 1.67 bits per heavy atom. The molecule has 0 amide bonds. The van der Waals surface area contributed by atoms with Crippen molar-refractivity contribution < 1.29 is 4.43 Å². The first kappa shape index (κ1) is 18.4. The van der Waals surface area contributed by atoms with Gasteiger partial charge in [0, 0.05) is 5.22 Å². The van der Waals surface area contributed by atoms with Crippen molar-refractivity contribution in [2.24, 2.45) is 0 Å². The van der Waals surface area contributed by atoms with Crippen LogP contribution in [0.3, 0.4) is 0 Å². The molecule has 3 heteroatoms. The maximum Gasteiger partial charge on any atom is 0.180 e. The van der Waals surface area contributed by atoms with Crippen LogP contribution in [-0.2, 0) is 4.43 Å². The zero-order valence-corrected chi connectivity index (χ0v) is 16.4. The van der Waals surface area contributed by atoms with Crippen LogP contribution in [0.5, 0.6) is 0 Å². The van der Waals surface area contributed by atoms with Crippen LogP contribution in [0.15, 0.2) is 0 Å². The molecule has 110 valence electrons. The molecule has 0 bridgehead atoms. The maximum atomic E-state index is 6.84. The van der Waals surface area contributed by atoms with Gasteiger partial charge < -0.3 is 4.43 Å². The second kappa shape index (κ2) is 7.86. The van der Waals surface area contributed by atoms with Crippen LogP contribution in [0.4, 0.5) is 0 Å². The number of hydrogen-bond donors (Lipinski definition) is 0. The Morgan fingerprint density at radius 1 is 0.889 bits per heavy atom. The molecule has 0 saturated carbocycles. The molecule has 0 fully saturated rings. The summed E-state index contributed by atoms with van der Waals surface area (Å²) in [6, 6.07) is 0. The van der Waals surface area contributed by atoms with E-state index in [0.29, 0.717) is 5.04 Å². The summed E-state index contributed by atoms with van der Waals surface area (Å²) in [6.07, 6.45) is 6.28. The average molecular weight is 289 g/mol. The van der Waals surface area contributed by atoms with Gasteiger partial charge in [-0.1, -0.05) is 67.0 Å². The summed E-state index contributed by atoms with van der Waals surface area (Å²) in [5, 5.41) is 0.740. The number of hydrogen-bond acceptors (Lipinski definition) is 1. The SMILES string of the molecule is CCCC(CC)(O[SiH](C)C(C)(CC)CC)[SiH](C)C. The second-order valence-corrected chi connectivity index (χ2v) is 12.7. The van der Waals surface area contributed by atoms with Gasteiger partial charge in [0.05, 0.1) is 8.80 Å². The van der Waals surface area contributed by atoms with Crippen molar-refractivity contribution in [3.8, 4) is 0 Å². The second-order valence-electron chi connectivity index (χ2n) is 6.44. The van der Waals surface area contributed by atoms with Crippen LogP contribution in [0.25, 0.3) is 0 Å². The zero-order chi connectivity index (χ0) is 14.4. The molecular formula is C15H36OSi2. The van der Waals surface area contributed by atoms with E-state index in [4.69, 9.17) is 4.43 Å². The van der Waals surface area contributed by atoms with E-state index < -0.39 is 17.8 Å². The third-order valence-electron chi connectivity index (χ3n) is 5.33. The normalized spacial score (nSPS) is 17.8. The van der Waals surface area contributed by atoms with E-state index in [1.807, 2.05) is 0 Å². The van der Waals surface area contributed by atoms with E-state index in [9.17, 15) is 0 Å². The topological polar surface area (TPSA) is 9.23 Å². The van der Waals surface area contributed by atoms with Gasteiger partial charge in [-0.25, -0.2) is 0 Å². The Bertz CT molecular complexity index is 227. The predicted octanol–water partition coefficient (Wildman–Crippen LogP) is 4.91. The lowest BCUT2D eigenvalue weighted by Crippen LogP contribution is -2.50. The van der Waals surface area contributed by atoms with E-state index in [0.717, 1.165) is 0 Å². The summed E-state index contributed by atoms with van der Waals surface area (Å²) < 4.78 is 6.84. The van der Waals surface area contributed by atoms with Crippen LogP contribution >= 0.6 is 0 Å². The van der Waals surface area contributed by atoms with E-state index in [2.05, 4.69) is 54.3 Å². The van der Waals surface area contributed by atoms with Gasteiger partial charge in [0.2, 0.25) is 0 Å². The fraction of sp³-hybridized carbons (Fsp3) is 1.00. The summed E-state index contributed by atoms with van der Waals surface area (Å²) in [4.78, 5) is 0. The number of rotatable bonds is 9. The Morgan fingerprint density at radius 2 is 1.39 bits per heavy atom. The Hall–Kier alpha value is 0.394. The van der Waals surface area contributed by atoms with Gasteiger partial charge in [-0.3, -0.25) is 0 Å². The third-order valence-corrected chi connectivity index (χ3v) is 12.1. The van der Waals surface area contributed by atoms with E-state index >= 15 is 0 Å². The van der Waals surface area contributed by atoms with Crippen LogP contribution in [0, 0.1) is 0 Å². The van der Waals surface area contributed by atoms with Crippen LogP contribution in [0.1, 0.15) is 66.7 Å². The first-order valence-corrected chi connectivity index (χ1v) is 13.1. The van der Waals surface area contributed by atoms with Crippen LogP contribution < -0.4 is 0 Å². The molecule has 0 aliphatic rings. The van der Waals surface area contributed by atoms with Gasteiger partial charge in [-0.05, 0) is 24.4 Å². The quantitative estimate of drug-likeness (QED) is 0.548. The maximum absolute atomic E-state index is 6.84. The fourth-order valence-electron chi connectivity index (χ4n) is 2.89. The molecule has 0 spiro atoms. The van der Waals surface area contributed by atoms with Gasteiger partial charge in [-0.15, -0.1) is 0 Å². The summed E-state index contributed by atoms with van der Waals surface area (Å²) in [6.45, 7) is 19.1. The van der Waals surface area contributed by atoms with Gasteiger partial charge >= 0.3 is 0 Å². The highest BCUT2D eigenvalue weighted by molar-refractivity contribution is 6.62. The molecule has 0 N–H and O–H groups in total. The van der Waals surface area contributed by atoms with Crippen molar-refractivity contribution in [2.75, 3.05) is 0 Å². The largest absolute Gasteiger partial charge is 0.417 e. The molecule has 0 heterocycles. The van der Waals surface area contributed by atoms with Crippen molar-refractivity contribution in [1.29, 1.82) is 0 Å². The molecule has 1 nitrogen and oxygen atoms in total. The molecule has 0 radical (unpaired) electrons. The van der Waals surface area contributed by atoms with Crippen molar-refractivity contribution in [2.45, 2.75) is 96.6 Å². The van der Waals surface area contributed by atoms with Gasteiger partial charge in [0.1, 0.15) is 0 Å². The minimum absolute atomic E-state index is 0.270. The third kappa shape index (κ3) is 4.21. The predicted molar refractivity (Wildman–Crippen MR) is 89.9 cm³/mol. The smallest absolute Gasteiger partial charge is 0.180 e. The molecule has 0 aliphatic carbocycles. The fourth-order valence-corrected chi connectivity index (χ4v) is 8.70. The summed E-state index contributed by atoms with van der Waals surface area (Å²) in [5.74, 6) is 0. The molecular weight excluding hydrogens is 252 g/mol. The van der Waals surface area contributed by atoms with Gasteiger partial charge in [0.15, 0.2) is 9.04 Å². The first-order valence-electron chi connectivity index (χ1n) is 7.99. The minimum atomic E-state index is -1.13. The van der Waals surface area contributed by atoms with Crippen molar-refractivity contribution in [3.05, 3.63) is 0 Å². The average Bonchev–Trinajstić information content (AvgIpc) is 2.36. The van der Waals surface area contributed by atoms with E-state index in [1.54, 1.807) is 0 Å². The van der Waals surface area contributed by atoms with E-state index in [-0.39, 0.29) is 5.22 Å².